The normalized spacial score (nSPS) is 14.4. The van der Waals surface area contributed by atoms with E-state index >= 15 is 0 Å². The lowest BCUT2D eigenvalue weighted by molar-refractivity contribution is 0.0671. The van der Waals surface area contributed by atoms with Crippen molar-refractivity contribution < 1.29 is 14.1 Å². The first-order valence-electron chi connectivity index (χ1n) is 11.5. The molecule has 1 aromatic carbocycles. The molecule has 0 radical (unpaired) electrons. The first-order valence-corrected chi connectivity index (χ1v) is 12.4. The van der Waals surface area contributed by atoms with E-state index in [2.05, 4.69) is 16.5 Å². The summed E-state index contributed by atoms with van der Waals surface area (Å²) in [6.45, 7) is 3.68. The molecule has 2 amide bonds. The molecule has 1 N–H and O–H groups in total. The summed E-state index contributed by atoms with van der Waals surface area (Å²) in [4.78, 5) is 33.8. The topological polar surface area (TPSA) is 88.3 Å². The Morgan fingerprint density at radius 3 is 2.74 bits per heavy atom. The molecule has 0 saturated carbocycles. The van der Waals surface area contributed by atoms with E-state index in [0.717, 1.165) is 36.0 Å². The molecule has 0 atom stereocenters. The maximum atomic E-state index is 13.1. The number of aryl methyl sites for hydroxylation is 1. The third kappa shape index (κ3) is 4.59. The quantitative estimate of drug-likeness (QED) is 0.442. The highest BCUT2D eigenvalue weighted by Crippen LogP contribution is 2.31. The SMILES string of the molecule is Cc1ccc(C(=O)NCCc2cccs2)c(C2CCN(C(=O)c3onc4ccccc34)CC2)n1. The van der Waals surface area contributed by atoms with Gasteiger partial charge in [-0.1, -0.05) is 23.4 Å². The van der Waals surface area contributed by atoms with Crippen LogP contribution in [0.2, 0.25) is 0 Å². The second kappa shape index (κ2) is 9.77. The summed E-state index contributed by atoms with van der Waals surface area (Å²) in [5, 5.41) is 9.82. The number of amides is 2. The van der Waals surface area contributed by atoms with Crippen molar-refractivity contribution in [2.45, 2.75) is 32.1 Å². The molecule has 4 aromatic rings. The number of fused-ring (bicyclic) bond motifs is 1. The second-order valence-corrected chi connectivity index (χ2v) is 9.60. The Morgan fingerprint density at radius 2 is 1.94 bits per heavy atom. The Bertz CT molecular complexity index is 1310. The number of carbonyl (C=O) groups excluding carboxylic acids is 2. The molecule has 5 rings (SSSR count). The number of carbonyl (C=O) groups is 2. The minimum atomic E-state index is -0.143. The van der Waals surface area contributed by atoms with Crippen molar-refractivity contribution in [1.29, 1.82) is 0 Å². The first-order chi connectivity index (χ1) is 16.6. The number of piperidine rings is 1. The fourth-order valence-electron chi connectivity index (χ4n) is 4.47. The van der Waals surface area contributed by atoms with Gasteiger partial charge in [0.15, 0.2) is 0 Å². The van der Waals surface area contributed by atoms with Gasteiger partial charge in [-0.3, -0.25) is 14.6 Å². The molecular weight excluding hydrogens is 448 g/mol. The highest BCUT2D eigenvalue weighted by atomic mass is 32.1. The van der Waals surface area contributed by atoms with Gasteiger partial charge in [-0.05, 0) is 61.9 Å². The van der Waals surface area contributed by atoms with Gasteiger partial charge < -0.3 is 14.7 Å². The summed E-state index contributed by atoms with van der Waals surface area (Å²) in [6.07, 6.45) is 2.29. The molecule has 0 bridgehead atoms. The van der Waals surface area contributed by atoms with Crippen LogP contribution in [0.15, 0.2) is 58.4 Å². The molecule has 174 valence electrons. The van der Waals surface area contributed by atoms with Gasteiger partial charge in [0.2, 0.25) is 5.76 Å². The Hall–Kier alpha value is -3.52. The molecule has 0 unspecified atom stereocenters. The lowest BCUT2D eigenvalue weighted by Crippen LogP contribution is -2.38. The Balaban J connectivity index is 1.25. The summed E-state index contributed by atoms with van der Waals surface area (Å²) < 4.78 is 5.37. The molecule has 1 saturated heterocycles. The van der Waals surface area contributed by atoms with Crippen molar-refractivity contribution in [3.63, 3.8) is 0 Å². The zero-order valence-corrected chi connectivity index (χ0v) is 19.8. The van der Waals surface area contributed by atoms with E-state index in [1.165, 1.54) is 4.88 Å². The van der Waals surface area contributed by atoms with Gasteiger partial charge in [-0.2, -0.15) is 0 Å². The van der Waals surface area contributed by atoms with Crippen molar-refractivity contribution in [2.24, 2.45) is 0 Å². The summed E-state index contributed by atoms with van der Waals surface area (Å²) >= 11 is 1.69. The fraction of sp³-hybridized carbons (Fsp3) is 0.308. The van der Waals surface area contributed by atoms with Crippen LogP contribution < -0.4 is 5.32 Å². The van der Waals surface area contributed by atoms with E-state index in [4.69, 9.17) is 9.51 Å². The number of benzene rings is 1. The van der Waals surface area contributed by atoms with Crippen molar-refractivity contribution >= 4 is 34.1 Å². The number of aromatic nitrogens is 2. The van der Waals surface area contributed by atoms with Crippen LogP contribution in [0, 0.1) is 6.92 Å². The van der Waals surface area contributed by atoms with E-state index in [9.17, 15) is 9.59 Å². The zero-order valence-electron chi connectivity index (χ0n) is 19.0. The van der Waals surface area contributed by atoms with Gasteiger partial charge >= 0.3 is 0 Å². The number of thiophene rings is 1. The zero-order chi connectivity index (χ0) is 23.5. The molecule has 0 aliphatic carbocycles. The molecule has 1 fully saturated rings. The van der Waals surface area contributed by atoms with Crippen LogP contribution in [0.1, 0.15) is 55.9 Å². The van der Waals surface area contributed by atoms with Crippen molar-refractivity contribution in [1.82, 2.24) is 20.4 Å². The average molecular weight is 475 g/mol. The molecule has 8 heteroatoms. The molecule has 34 heavy (non-hydrogen) atoms. The van der Waals surface area contributed by atoms with Gasteiger partial charge in [-0.25, -0.2) is 0 Å². The van der Waals surface area contributed by atoms with Gasteiger partial charge in [0.05, 0.1) is 16.6 Å². The molecule has 1 aliphatic rings. The lowest BCUT2D eigenvalue weighted by Gasteiger charge is -2.32. The van der Waals surface area contributed by atoms with Crippen LogP contribution in [0.3, 0.4) is 0 Å². The average Bonchev–Trinajstić information content (AvgIpc) is 3.54. The number of rotatable bonds is 6. The monoisotopic (exact) mass is 474 g/mol. The van der Waals surface area contributed by atoms with Gasteiger partial charge in [0.25, 0.3) is 11.8 Å². The van der Waals surface area contributed by atoms with E-state index in [-0.39, 0.29) is 23.5 Å². The largest absolute Gasteiger partial charge is 0.352 e. The second-order valence-electron chi connectivity index (χ2n) is 8.57. The summed E-state index contributed by atoms with van der Waals surface area (Å²) in [5.74, 6) is 0.170. The van der Waals surface area contributed by atoms with Crippen LogP contribution in [-0.4, -0.2) is 46.5 Å². The number of likely N-dealkylation sites (tertiary alicyclic amines) is 1. The van der Waals surface area contributed by atoms with Crippen LogP contribution in [0.4, 0.5) is 0 Å². The first kappa shape index (κ1) is 22.3. The predicted octanol–water partition coefficient (Wildman–Crippen LogP) is 4.59. The van der Waals surface area contributed by atoms with E-state index in [0.29, 0.717) is 30.7 Å². The van der Waals surface area contributed by atoms with Crippen LogP contribution in [0.25, 0.3) is 10.9 Å². The lowest BCUT2D eigenvalue weighted by atomic mass is 9.89. The molecule has 3 aromatic heterocycles. The summed E-state index contributed by atoms with van der Waals surface area (Å²) in [6, 6.07) is 15.3. The Kier molecular flexibility index (Phi) is 6.40. The van der Waals surface area contributed by atoms with E-state index in [1.807, 2.05) is 54.8 Å². The van der Waals surface area contributed by atoms with Crippen molar-refractivity contribution in [3.05, 3.63) is 81.5 Å². The maximum Gasteiger partial charge on any atom is 0.293 e. The van der Waals surface area contributed by atoms with E-state index in [1.54, 1.807) is 16.2 Å². The third-order valence-electron chi connectivity index (χ3n) is 6.29. The summed E-state index contributed by atoms with van der Waals surface area (Å²) in [5.41, 5.74) is 3.02. The Labute approximate surface area is 201 Å². The highest BCUT2D eigenvalue weighted by molar-refractivity contribution is 7.09. The minimum Gasteiger partial charge on any atom is -0.352 e. The standard InChI is InChI=1S/C26H26N4O3S/c1-17-8-9-21(25(31)27-13-10-19-5-4-16-34-19)23(28-17)18-11-14-30(15-12-18)26(32)24-20-6-2-3-7-22(20)29-33-24/h2-9,16,18H,10-15H2,1H3,(H,27,31). The molecule has 4 heterocycles. The number of hydrogen-bond donors (Lipinski definition) is 1. The molecule has 7 nitrogen and oxygen atoms in total. The number of nitrogens with zero attached hydrogens (tertiary/aromatic N) is 3. The van der Waals surface area contributed by atoms with E-state index < -0.39 is 0 Å². The van der Waals surface area contributed by atoms with Crippen LogP contribution in [0.5, 0.6) is 0 Å². The molecular formula is C26H26N4O3S. The van der Waals surface area contributed by atoms with Crippen LogP contribution in [-0.2, 0) is 6.42 Å². The maximum absolute atomic E-state index is 13.1. The van der Waals surface area contributed by atoms with Crippen molar-refractivity contribution in [3.8, 4) is 0 Å². The number of nitrogens with one attached hydrogen (secondary N) is 1. The van der Waals surface area contributed by atoms with Gasteiger partial charge in [-0.15, -0.1) is 11.3 Å². The van der Waals surface area contributed by atoms with Crippen LogP contribution >= 0.6 is 11.3 Å². The predicted molar refractivity (Wildman–Crippen MR) is 131 cm³/mol. The smallest absolute Gasteiger partial charge is 0.293 e. The van der Waals surface area contributed by atoms with Gasteiger partial charge in [0, 0.05) is 36.1 Å². The third-order valence-corrected chi connectivity index (χ3v) is 7.23. The fourth-order valence-corrected chi connectivity index (χ4v) is 5.18. The van der Waals surface area contributed by atoms with Gasteiger partial charge in [0.1, 0.15) is 5.52 Å². The minimum absolute atomic E-state index is 0.0920. The Morgan fingerprint density at radius 1 is 1.12 bits per heavy atom. The molecule has 1 aliphatic heterocycles. The summed E-state index contributed by atoms with van der Waals surface area (Å²) in [7, 11) is 0. The molecule has 0 spiro atoms. The number of hydrogen-bond acceptors (Lipinski definition) is 6. The van der Waals surface area contributed by atoms with Crippen molar-refractivity contribution in [2.75, 3.05) is 19.6 Å². The number of pyridine rings is 1. The highest BCUT2D eigenvalue weighted by Gasteiger charge is 2.30.